The monoisotopic (exact) mass is 329 g/mol. The third kappa shape index (κ3) is 2.85. The van der Waals surface area contributed by atoms with Gasteiger partial charge in [-0.2, -0.15) is 0 Å². The molecule has 2 aromatic heterocycles. The molecule has 0 aromatic carbocycles. The van der Waals surface area contributed by atoms with Crippen molar-refractivity contribution < 1.29 is 18.7 Å². The number of rotatable bonds is 4. The van der Waals surface area contributed by atoms with Gasteiger partial charge in [0.2, 0.25) is 0 Å². The molecule has 3 rings (SSSR count). The maximum absolute atomic E-state index is 12.8. The van der Waals surface area contributed by atoms with Gasteiger partial charge in [0.1, 0.15) is 5.76 Å². The molecule has 0 saturated carbocycles. The van der Waals surface area contributed by atoms with Gasteiger partial charge in [-0.15, -0.1) is 11.3 Å². The van der Waals surface area contributed by atoms with Gasteiger partial charge in [0.15, 0.2) is 0 Å². The number of esters is 1. The summed E-state index contributed by atoms with van der Waals surface area (Å²) in [4.78, 5) is 27.3. The molecule has 0 atom stereocenters. The van der Waals surface area contributed by atoms with Crippen LogP contribution in [-0.2, 0) is 20.9 Å². The average Bonchev–Trinajstić information content (AvgIpc) is 3.27. The molecule has 23 heavy (non-hydrogen) atoms. The Labute approximate surface area is 137 Å². The quantitative estimate of drug-likeness (QED) is 0.638. The molecule has 0 fully saturated rings. The lowest BCUT2D eigenvalue weighted by Gasteiger charge is -2.15. The van der Waals surface area contributed by atoms with Crippen LogP contribution in [0.3, 0.4) is 0 Å². The highest BCUT2D eigenvalue weighted by Gasteiger charge is 2.37. The Hall–Kier alpha value is -2.60. The number of nitrogens with zero attached hydrogens (tertiary/aromatic N) is 1. The summed E-state index contributed by atoms with van der Waals surface area (Å²) in [6.07, 6.45) is 3.28. The van der Waals surface area contributed by atoms with E-state index < -0.39 is 5.97 Å². The second-order valence-corrected chi connectivity index (χ2v) is 5.98. The van der Waals surface area contributed by atoms with E-state index in [1.165, 1.54) is 23.3 Å². The highest BCUT2D eigenvalue weighted by molar-refractivity contribution is 7.10. The van der Waals surface area contributed by atoms with Crippen LogP contribution in [0.1, 0.15) is 17.6 Å². The molecular weight excluding hydrogens is 314 g/mol. The minimum Gasteiger partial charge on any atom is -0.467 e. The Morgan fingerprint density at radius 2 is 2.22 bits per heavy atom. The van der Waals surface area contributed by atoms with Crippen LogP contribution in [0.2, 0.25) is 0 Å². The van der Waals surface area contributed by atoms with Gasteiger partial charge in [0, 0.05) is 10.6 Å². The van der Waals surface area contributed by atoms with Crippen molar-refractivity contribution in [1.29, 1.82) is 0 Å². The summed E-state index contributed by atoms with van der Waals surface area (Å²) in [6, 6.07) is 7.34. The van der Waals surface area contributed by atoms with Gasteiger partial charge in [0.25, 0.3) is 5.91 Å². The van der Waals surface area contributed by atoms with Crippen LogP contribution in [0.5, 0.6) is 0 Å². The molecule has 0 saturated heterocycles. The number of amides is 1. The molecule has 6 heteroatoms. The summed E-state index contributed by atoms with van der Waals surface area (Å²) in [5.41, 5.74) is 1.22. The van der Waals surface area contributed by atoms with E-state index in [1.807, 2.05) is 17.5 Å². The van der Waals surface area contributed by atoms with Crippen LogP contribution in [0, 0.1) is 0 Å². The maximum Gasteiger partial charge on any atom is 0.340 e. The molecule has 2 aromatic rings. The third-order valence-electron chi connectivity index (χ3n) is 3.62. The smallest absolute Gasteiger partial charge is 0.340 e. The van der Waals surface area contributed by atoms with Crippen LogP contribution in [0.15, 0.2) is 57.2 Å². The van der Waals surface area contributed by atoms with E-state index in [2.05, 4.69) is 0 Å². The highest BCUT2D eigenvalue weighted by atomic mass is 32.1. The van der Waals surface area contributed by atoms with E-state index in [9.17, 15) is 9.59 Å². The van der Waals surface area contributed by atoms with Crippen molar-refractivity contribution in [2.24, 2.45) is 0 Å². The van der Waals surface area contributed by atoms with Gasteiger partial charge >= 0.3 is 5.97 Å². The molecule has 5 nitrogen and oxygen atoms in total. The summed E-state index contributed by atoms with van der Waals surface area (Å²) in [6.45, 7) is 2.02. The van der Waals surface area contributed by atoms with Gasteiger partial charge in [-0.05, 0) is 36.6 Å². The zero-order valence-corrected chi connectivity index (χ0v) is 13.6. The van der Waals surface area contributed by atoms with E-state index in [4.69, 9.17) is 9.15 Å². The SMILES string of the molecule is COC(=O)C1=C(C)N(Cc2ccco2)C(=O)C1=Cc1cccs1. The van der Waals surface area contributed by atoms with Crippen LogP contribution in [0.4, 0.5) is 0 Å². The Bertz CT molecular complexity index is 785. The Kier molecular flexibility index (Phi) is 4.16. The molecule has 1 aliphatic rings. The van der Waals surface area contributed by atoms with Gasteiger partial charge in [0.05, 0.1) is 31.1 Å². The van der Waals surface area contributed by atoms with Crippen LogP contribution in [-0.4, -0.2) is 23.9 Å². The number of hydrogen-bond acceptors (Lipinski definition) is 5. The fraction of sp³-hybridized carbons (Fsp3) is 0.176. The summed E-state index contributed by atoms with van der Waals surface area (Å²) in [7, 11) is 1.31. The number of ether oxygens (including phenoxy) is 1. The third-order valence-corrected chi connectivity index (χ3v) is 4.44. The first-order valence-corrected chi connectivity index (χ1v) is 7.88. The average molecular weight is 329 g/mol. The predicted molar refractivity (Wildman–Crippen MR) is 86.3 cm³/mol. The van der Waals surface area contributed by atoms with Crippen LogP contribution in [0.25, 0.3) is 6.08 Å². The fourth-order valence-corrected chi connectivity index (χ4v) is 3.15. The molecule has 0 spiro atoms. The van der Waals surface area contributed by atoms with Crippen molar-refractivity contribution >= 4 is 29.3 Å². The van der Waals surface area contributed by atoms with Gasteiger partial charge in [-0.1, -0.05) is 6.07 Å². The number of carbonyl (C=O) groups is 2. The molecule has 0 bridgehead atoms. The van der Waals surface area contributed by atoms with Crippen LogP contribution >= 0.6 is 11.3 Å². The summed E-state index contributed by atoms with van der Waals surface area (Å²) < 4.78 is 10.2. The lowest BCUT2D eigenvalue weighted by molar-refractivity contribution is -0.136. The van der Waals surface area contributed by atoms with Gasteiger partial charge in [-0.25, -0.2) is 4.79 Å². The topological polar surface area (TPSA) is 59.8 Å². The number of methoxy groups -OCH3 is 1. The normalized spacial score (nSPS) is 16.5. The number of carbonyl (C=O) groups excluding carboxylic acids is 2. The van der Waals surface area contributed by atoms with E-state index in [1.54, 1.807) is 31.4 Å². The van der Waals surface area contributed by atoms with E-state index in [0.717, 1.165) is 4.88 Å². The molecule has 1 aliphatic heterocycles. The molecule has 118 valence electrons. The summed E-state index contributed by atoms with van der Waals surface area (Å²) >= 11 is 1.50. The Balaban J connectivity index is 2.02. The molecule has 0 unspecified atom stereocenters. The van der Waals surface area contributed by atoms with Crippen LogP contribution < -0.4 is 0 Å². The van der Waals surface area contributed by atoms with E-state index >= 15 is 0 Å². The zero-order valence-electron chi connectivity index (χ0n) is 12.7. The standard InChI is InChI=1S/C17H15NO4S/c1-11-15(17(20)21-2)14(9-13-6-4-8-23-13)16(19)18(11)10-12-5-3-7-22-12/h3-9H,10H2,1-2H3. The van der Waals surface area contributed by atoms with Crippen molar-refractivity contribution in [3.8, 4) is 0 Å². The lowest BCUT2D eigenvalue weighted by atomic mass is 10.1. The first-order valence-electron chi connectivity index (χ1n) is 7.01. The first kappa shape index (κ1) is 15.3. The zero-order chi connectivity index (χ0) is 16.4. The Morgan fingerprint density at radius 3 is 2.83 bits per heavy atom. The molecular formula is C17H15NO4S. The highest BCUT2D eigenvalue weighted by Crippen LogP contribution is 2.33. The maximum atomic E-state index is 12.8. The van der Waals surface area contributed by atoms with Crippen molar-refractivity contribution in [3.05, 3.63) is 63.4 Å². The minimum atomic E-state index is -0.513. The van der Waals surface area contributed by atoms with Crippen molar-refractivity contribution in [2.75, 3.05) is 7.11 Å². The van der Waals surface area contributed by atoms with Crippen molar-refractivity contribution in [1.82, 2.24) is 4.90 Å². The largest absolute Gasteiger partial charge is 0.467 e. The number of thiophene rings is 1. The van der Waals surface area contributed by atoms with E-state index in [0.29, 0.717) is 22.6 Å². The second kappa shape index (κ2) is 6.26. The Morgan fingerprint density at radius 1 is 1.39 bits per heavy atom. The molecule has 1 amide bonds. The van der Waals surface area contributed by atoms with E-state index in [-0.39, 0.29) is 12.5 Å². The van der Waals surface area contributed by atoms with Crippen molar-refractivity contribution in [2.45, 2.75) is 13.5 Å². The lowest BCUT2D eigenvalue weighted by Crippen LogP contribution is -2.24. The summed E-state index contributed by atoms with van der Waals surface area (Å²) in [5, 5.41) is 1.92. The minimum absolute atomic E-state index is 0.229. The molecule has 0 radical (unpaired) electrons. The fourth-order valence-electron chi connectivity index (χ4n) is 2.49. The predicted octanol–water partition coefficient (Wildman–Crippen LogP) is 3.21. The number of allylic oxidation sites excluding steroid dienone is 1. The number of furan rings is 1. The first-order chi connectivity index (χ1) is 11.1. The molecule has 0 N–H and O–H groups in total. The second-order valence-electron chi connectivity index (χ2n) is 5.00. The number of hydrogen-bond donors (Lipinski definition) is 0. The molecule has 0 aliphatic carbocycles. The van der Waals surface area contributed by atoms with Gasteiger partial charge in [-0.3, -0.25) is 4.79 Å². The van der Waals surface area contributed by atoms with Crippen molar-refractivity contribution in [3.63, 3.8) is 0 Å². The summed E-state index contributed by atoms with van der Waals surface area (Å²) in [5.74, 6) is -0.0902. The van der Waals surface area contributed by atoms with Gasteiger partial charge < -0.3 is 14.1 Å². The molecule has 3 heterocycles.